The molecule has 108 valence electrons. The lowest BCUT2D eigenvalue weighted by atomic mass is 10.1. The van der Waals surface area contributed by atoms with Gasteiger partial charge in [-0.25, -0.2) is 0 Å². The first-order chi connectivity index (χ1) is 10.0. The van der Waals surface area contributed by atoms with Gasteiger partial charge in [0.1, 0.15) is 5.75 Å². The molecule has 0 saturated heterocycles. The first-order valence-corrected chi connectivity index (χ1v) is 7.30. The lowest BCUT2D eigenvalue weighted by molar-refractivity contribution is -0.122. The summed E-state index contributed by atoms with van der Waals surface area (Å²) in [5.41, 5.74) is 2.57. The molecule has 1 amide bonds. The van der Waals surface area contributed by atoms with Crippen molar-refractivity contribution in [1.82, 2.24) is 0 Å². The monoisotopic (exact) mass is 321 g/mol. The molecule has 0 aliphatic carbocycles. The molecule has 5 heteroatoms. The molecule has 0 spiro atoms. The Hall–Kier alpha value is -1.71. The average Bonchev–Trinajstić information content (AvgIpc) is 2.85. The van der Waals surface area contributed by atoms with Crippen molar-refractivity contribution in [2.45, 2.75) is 19.4 Å². The third-order valence-electron chi connectivity index (χ3n) is 3.37. The summed E-state index contributed by atoms with van der Waals surface area (Å²) >= 11 is 12.1. The van der Waals surface area contributed by atoms with E-state index in [0.29, 0.717) is 27.9 Å². The van der Waals surface area contributed by atoms with E-state index in [1.165, 1.54) is 0 Å². The molecule has 0 fully saturated rings. The molecule has 1 aliphatic heterocycles. The van der Waals surface area contributed by atoms with Crippen LogP contribution in [-0.4, -0.2) is 12.0 Å². The van der Waals surface area contributed by atoms with Crippen molar-refractivity contribution in [3.63, 3.8) is 0 Å². The zero-order chi connectivity index (χ0) is 15.0. The van der Waals surface area contributed by atoms with Crippen molar-refractivity contribution >= 4 is 34.8 Å². The van der Waals surface area contributed by atoms with Gasteiger partial charge in [0.05, 0.1) is 10.7 Å². The third-order valence-corrected chi connectivity index (χ3v) is 3.92. The van der Waals surface area contributed by atoms with Gasteiger partial charge in [-0.2, -0.15) is 0 Å². The van der Waals surface area contributed by atoms with Gasteiger partial charge >= 0.3 is 0 Å². The molecular formula is C16H13Cl2NO2. The number of hydrogen-bond acceptors (Lipinski definition) is 2. The number of benzene rings is 2. The first kappa shape index (κ1) is 14.2. The third kappa shape index (κ3) is 2.99. The summed E-state index contributed by atoms with van der Waals surface area (Å²) < 4.78 is 5.65. The van der Waals surface area contributed by atoms with Crippen LogP contribution in [0.2, 0.25) is 10.0 Å². The van der Waals surface area contributed by atoms with Crippen LogP contribution in [-0.2, 0) is 11.2 Å². The Morgan fingerprint density at radius 3 is 2.81 bits per heavy atom. The molecule has 3 nitrogen and oxygen atoms in total. The molecular weight excluding hydrogens is 309 g/mol. The predicted octanol–water partition coefficient (Wildman–Crippen LogP) is 4.24. The summed E-state index contributed by atoms with van der Waals surface area (Å²) in [5.74, 6) is 0.489. The molecule has 0 bridgehead atoms. The maximum Gasteiger partial charge on any atom is 0.265 e. The van der Waals surface area contributed by atoms with Gasteiger partial charge in [-0.05, 0) is 48.4 Å². The highest BCUT2D eigenvalue weighted by atomic mass is 35.5. The summed E-state index contributed by atoms with van der Waals surface area (Å²) in [6, 6.07) is 10.8. The van der Waals surface area contributed by atoms with Crippen LogP contribution in [0.3, 0.4) is 0 Å². The van der Waals surface area contributed by atoms with Gasteiger partial charge < -0.3 is 10.1 Å². The fourth-order valence-corrected chi connectivity index (χ4v) is 2.78. The molecule has 3 rings (SSSR count). The second-order valence-corrected chi connectivity index (χ2v) is 5.88. The first-order valence-electron chi connectivity index (χ1n) is 6.55. The highest BCUT2D eigenvalue weighted by Crippen LogP contribution is 2.32. The van der Waals surface area contributed by atoms with E-state index in [1.54, 1.807) is 24.3 Å². The number of ether oxygens (including phenoxy) is 1. The molecule has 1 heterocycles. The topological polar surface area (TPSA) is 38.3 Å². The summed E-state index contributed by atoms with van der Waals surface area (Å²) in [7, 11) is 0. The van der Waals surface area contributed by atoms with Crippen LogP contribution in [0.25, 0.3) is 0 Å². The minimum absolute atomic E-state index is 0.215. The van der Waals surface area contributed by atoms with Gasteiger partial charge in [0, 0.05) is 11.4 Å². The van der Waals surface area contributed by atoms with E-state index < -0.39 is 6.10 Å². The van der Waals surface area contributed by atoms with Crippen LogP contribution in [0.15, 0.2) is 36.4 Å². The maximum atomic E-state index is 12.3. The summed E-state index contributed by atoms with van der Waals surface area (Å²) in [6.45, 7) is 1.94. The molecule has 21 heavy (non-hydrogen) atoms. The predicted molar refractivity (Wildman–Crippen MR) is 84.4 cm³/mol. The number of carbonyl (C=O) groups excluding carboxylic acids is 1. The van der Waals surface area contributed by atoms with Crippen molar-refractivity contribution in [2.24, 2.45) is 0 Å². The number of rotatable bonds is 2. The number of aryl methyl sites for hydroxylation is 1. The normalized spacial score (nSPS) is 16.2. The Kier molecular flexibility index (Phi) is 3.79. The molecule has 0 saturated carbocycles. The lowest BCUT2D eigenvalue weighted by Crippen LogP contribution is -2.31. The summed E-state index contributed by atoms with van der Waals surface area (Å²) in [4.78, 5) is 12.3. The average molecular weight is 322 g/mol. The number of fused-ring (bicyclic) bond motifs is 1. The Labute approximate surface area is 132 Å². The number of carbonyl (C=O) groups is 1. The number of nitrogens with one attached hydrogen (secondary N) is 1. The van der Waals surface area contributed by atoms with Crippen LogP contribution in [0.5, 0.6) is 5.75 Å². The fraction of sp³-hybridized carbons (Fsp3) is 0.188. The highest BCUT2D eigenvalue weighted by Gasteiger charge is 2.29. The SMILES string of the molecule is Cc1ccc(NC(=O)C2Cc3cc(Cl)ccc3O2)c(Cl)c1. The maximum absolute atomic E-state index is 12.3. The minimum atomic E-state index is -0.559. The number of halogens is 2. The molecule has 1 unspecified atom stereocenters. The van der Waals surface area contributed by atoms with E-state index in [0.717, 1.165) is 11.1 Å². The molecule has 1 atom stereocenters. The molecule has 2 aromatic rings. The number of hydrogen-bond donors (Lipinski definition) is 1. The second kappa shape index (κ2) is 5.58. The summed E-state index contributed by atoms with van der Waals surface area (Å²) in [5, 5.41) is 3.95. The van der Waals surface area contributed by atoms with E-state index in [9.17, 15) is 4.79 Å². The van der Waals surface area contributed by atoms with Gasteiger partial charge in [-0.3, -0.25) is 4.79 Å². The molecule has 0 aromatic heterocycles. The van der Waals surface area contributed by atoms with Crippen LogP contribution < -0.4 is 10.1 Å². The van der Waals surface area contributed by atoms with Gasteiger partial charge in [0.25, 0.3) is 5.91 Å². The fourth-order valence-electron chi connectivity index (χ4n) is 2.30. The van der Waals surface area contributed by atoms with Crippen LogP contribution >= 0.6 is 23.2 Å². The van der Waals surface area contributed by atoms with E-state index >= 15 is 0 Å². The van der Waals surface area contributed by atoms with Crippen molar-refractivity contribution in [2.75, 3.05) is 5.32 Å². The Bertz CT molecular complexity index is 715. The molecule has 2 aromatic carbocycles. The standard InChI is InChI=1S/C16H13Cl2NO2/c1-9-2-4-13(12(18)6-9)19-16(20)15-8-10-7-11(17)3-5-14(10)21-15/h2-7,15H,8H2,1H3,(H,19,20). The van der Waals surface area contributed by atoms with E-state index in [2.05, 4.69) is 5.32 Å². The van der Waals surface area contributed by atoms with Crippen LogP contribution in [0, 0.1) is 6.92 Å². The number of anilines is 1. The van der Waals surface area contributed by atoms with E-state index in [4.69, 9.17) is 27.9 Å². The van der Waals surface area contributed by atoms with Crippen molar-refractivity contribution in [1.29, 1.82) is 0 Å². The van der Waals surface area contributed by atoms with Gasteiger partial charge in [0.2, 0.25) is 0 Å². The Morgan fingerprint density at radius 2 is 2.05 bits per heavy atom. The quantitative estimate of drug-likeness (QED) is 0.898. The van der Waals surface area contributed by atoms with E-state index in [1.807, 2.05) is 19.1 Å². The zero-order valence-electron chi connectivity index (χ0n) is 11.3. The van der Waals surface area contributed by atoms with Gasteiger partial charge in [-0.15, -0.1) is 0 Å². The minimum Gasteiger partial charge on any atom is -0.480 e. The van der Waals surface area contributed by atoms with Crippen LogP contribution in [0.4, 0.5) is 5.69 Å². The largest absolute Gasteiger partial charge is 0.480 e. The Morgan fingerprint density at radius 1 is 1.24 bits per heavy atom. The highest BCUT2D eigenvalue weighted by molar-refractivity contribution is 6.33. The zero-order valence-corrected chi connectivity index (χ0v) is 12.8. The lowest BCUT2D eigenvalue weighted by Gasteiger charge is -2.12. The van der Waals surface area contributed by atoms with Gasteiger partial charge in [-0.1, -0.05) is 29.3 Å². The Balaban J connectivity index is 1.73. The van der Waals surface area contributed by atoms with Gasteiger partial charge in [0.15, 0.2) is 6.10 Å². The second-order valence-electron chi connectivity index (χ2n) is 5.04. The van der Waals surface area contributed by atoms with Crippen molar-refractivity contribution in [3.8, 4) is 5.75 Å². The molecule has 1 aliphatic rings. The van der Waals surface area contributed by atoms with E-state index in [-0.39, 0.29) is 5.91 Å². The smallest absolute Gasteiger partial charge is 0.265 e. The van der Waals surface area contributed by atoms with Crippen molar-refractivity contribution < 1.29 is 9.53 Å². The van der Waals surface area contributed by atoms with Crippen molar-refractivity contribution in [3.05, 3.63) is 57.6 Å². The molecule has 0 radical (unpaired) electrons. The van der Waals surface area contributed by atoms with Crippen LogP contribution in [0.1, 0.15) is 11.1 Å². The summed E-state index contributed by atoms with van der Waals surface area (Å²) in [6.07, 6.45) is -0.0542. The molecule has 1 N–H and O–H groups in total. The number of amides is 1.